The van der Waals surface area contributed by atoms with Crippen LogP contribution in [0.4, 0.5) is 0 Å². The van der Waals surface area contributed by atoms with Crippen LogP contribution in [0, 0.1) is 20.5 Å². The Hall–Kier alpha value is -1.64. The number of fused-ring (bicyclic) bond motifs is 3. The molecule has 0 saturated heterocycles. The zero-order valence-electron chi connectivity index (χ0n) is 21.9. The minimum atomic E-state index is -4.94. The van der Waals surface area contributed by atoms with Gasteiger partial charge in [-0.15, -0.1) is 20.5 Å². The molecule has 18 heteroatoms. The summed E-state index contributed by atoms with van der Waals surface area (Å²) < 4.78 is 67.9. The number of nitrogens with zero attached hydrogens (tertiary/aromatic N) is 3. The zero-order valence-corrected chi connectivity index (χ0v) is 24.6. The van der Waals surface area contributed by atoms with Crippen LogP contribution in [-0.4, -0.2) is 54.1 Å². The van der Waals surface area contributed by atoms with E-state index in [1.54, 1.807) is 0 Å². The van der Waals surface area contributed by atoms with E-state index in [1.807, 2.05) is 12.3 Å². The maximum Gasteiger partial charge on any atom is 2.00 e. The van der Waals surface area contributed by atoms with E-state index >= 15 is 0 Å². The van der Waals surface area contributed by atoms with Crippen molar-refractivity contribution in [2.75, 3.05) is 39.3 Å². The van der Waals surface area contributed by atoms with E-state index in [9.17, 15) is 0 Å². The number of rotatable bonds is 5. The van der Waals surface area contributed by atoms with Gasteiger partial charge in [-0.25, -0.2) is 37.3 Å². The summed E-state index contributed by atoms with van der Waals surface area (Å²) >= 11 is 0. The van der Waals surface area contributed by atoms with E-state index in [4.69, 9.17) is 37.3 Å². The summed E-state index contributed by atoms with van der Waals surface area (Å²) in [5.41, 5.74) is 4.60. The van der Waals surface area contributed by atoms with E-state index in [1.165, 1.54) is 10.9 Å². The third-order valence-corrected chi connectivity index (χ3v) is 5.35. The number of hydrogen-bond acceptors (Lipinski definition) is 14. The Kier molecular flexibility index (Phi) is 19.5. The molecular formula is C23H33Cl2MnN6O9+. The average Bonchev–Trinajstić information content (AvgIpc) is 2.84. The van der Waals surface area contributed by atoms with Gasteiger partial charge in [0.05, 0.1) is 16.9 Å². The van der Waals surface area contributed by atoms with Gasteiger partial charge in [0, 0.05) is 70.5 Å². The summed E-state index contributed by atoms with van der Waals surface area (Å²) in [6.07, 6.45) is 1.90. The monoisotopic (exact) mass is 662 g/mol. The van der Waals surface area contributed by atoms with Gasteiger partial charge in [-0.05, 0) is 29.8 Å². The SMILES string of the molecule is [Mn+2].[O-][Cl+3]([O-])([O-])[O-].[O-][Cl+3]([O-])([O-])[O-].[OH3+].c1cc2nc(c1)CNCCN(CCNCc1ccnc3ccccc13)CCNC2. The van der Waals surface area contributed by atoms with E-state index in [2.05, 4.69) is 73.3 Å². The maximum absolute atomic E-state index is 8.49. The zero-order chi connectivity index (χ0) is 28.7. The standard InChI is InChI=1S/C23H30N6.2ClHO4.Mn.H2O/c1-2-7-23-22(6-1)19(8-9-27-23)16-24-10-13-29-14-11-25-17-20-4-3-5-21(28-20)18-26-12-15-29;2*2-1(3,4)5;;/h1-9,24-26H,10-18H2;2*(H,2,3,4,5);;1H2/q;;;+2;/p-1. The van der Waals surface area contributed by atoms with Gasteiger partial charge in [0.15, 0.2) is 0 Å². The molecule has 1 aliphatic rings. The van der Waals surface area contributed by atoms with Crippen molar-refractivity contribution in [3.05, 3.63) is 71.7 Å². The van der Waals surface area contributed by atoms with Crippen molar-refractivity contribution in [1.82, 2.24) is 30.8 Å². The van der Waals surface area contributed by atoms with Gasteiger partial charge in [0.1, 0.15) is 0 Å². The number of nitrogens with one attached hydrogen (secondary N) is 3. The molecule has 229 valence electrons. The fourth-order valence-electron chi connectivity index (χ4n) is 3.74. The van der Waals surface area contributed by atoms with Crippen LogP contribution >= 0.6 is 0 Å². The van der Waals surface area contributed by atoms with Gasteiger partial charge in [-0.3, -0.25) is 14.9 Å². The van der Waals surface area contributed by atoms with Gasteiger partial charge >= 0.3 is 17.1 Å². The van der Waals surface area contributed by atoms with Crippen molar-refractivity contribution in [2.45, 2.75) is 19.6 Å². The van der Waals surface area contributed by atoms with E-state index in [0.29, 0.717) is 0 Å². The van der Waals surface area contributed by atoms with Gasteiger partial charge in [-0.1, -0.05) is 24.3 Å². The first-order valence-corrected chi connectivity index (χ1v) is 14.2. The molecule has 3 heterocycles. The minimum Gasteiger partial charge on any atom is -0.457 e. The topological polar surface area (TPSA) is 283 Å². The van der Waals surface area contributed by atoms with Crippen LogP contribution in [-0.2, 0) is 42.2 Å². The molecule has 1 aliphatic heterocycles. The molecule has 0 saturated carbocycles. The Morgan fingerprint density at radius 3 is 1.88 bits per heavy atom. The van der Waals surface area contributed by atoms with E-state index in [0.717, 1.165) is 75.8 Å². The molecule has 0 unspecified atom stereocenters. The molecule has 15 nitrogen and oxygen atoms in total. The first-order valence-electron chi connectivity index (χ1n) is 11.7. The Morgan fingerprint density at radius 1 is 0.780 bits per heavy atom. The van der Waals surface area contributed by atoms with Crippen molar-refractivity contribution in [1.29, 1.82) is 0 Å². The first-order chi connectivity index (χ1) is 18.4. The van der Waals surface area contributed by atoms with Crippen LogP contribution in [0.15, 0.2) is 54.7 Å². The van der Waals surface area contributed by atoms with E-state index < -0.39 is 20.5 Å². The molecule has 41 heavy (non-hydrogen) atoms. The molecule has 0 amide bonds. The summed E-state index contributed by atoms with van der Waals surface area (Å²) in [4.78, 5) is 11.6. The average molecular weight is 663 g/mol. The number of hydrogen-bond donors (Lipinski definition) is 3. The summed E-state index contributed by atoms with van der Waals surface area (Å²) in [7, 11) is -9.89. The second kappa shape index (κ2) is 20.3. The Bertz CT molecular complexity index is 1070. The summed E-state index contributed by atoms with van der Waals surface area (Å²) in [6.45, 7) is 8.56. The predicted molar refractivity (Wildman–Crippen MR) is 122 cm³/mol. The Morgan fingerprint density at radius 2 is 1.32 bits per heavy atom. The van der Waals surface area contributed by atoms with Crippen LogP contribution in [0.25, 0.3) is 10.9 Å². The molecule has 0 spiro atoms. The van der Waals surface area contributed by atoms with Crippen LogP contribution in [0.2, 0.25) is 0 Å². The van der Waals surface area contributed by atoms with Gasteiger partial charge in [0.25, 0.3) is 0 Å². The molecule has 6 N–H and O–H groups in total. The van der Waals surface area contributed by atoms with Crippen LogP contribution in [0.3, 0.4) is 0 Å². The quantitative estimate of drug-likeness (QED) is 0.130. The van der Waals surface area contributed by atoms with Crippen molar-refractivity contribution in [3.63, 3.8) is 0 Å². The molecule has 2 aromatic heterocycles. The molecule has 1 radical (unpaired) electrons. The number of halogens is 2. The van der Waals surface area contributed by atoms with Gasteiger partial charge in [0.2, 0.25) is 0 Å². The fraction of sp³-hybridized carbons (Fsp3) is 0.391. The van der Waals surface area contributed by atoms with Crippen LogP contribution in [0.5, 0.6) is 0 Å². The predicted octanol–water partition coefficient (Wildman–Crippen LogP) is -8.52. The molecule has 1 aromatic carbocycles. The van der Waals surface area contributed by atoms with Crippen LogP contribution in [0.1, 0.15) is 17.0 Å². The van der Waals surface area contributed by atoms with Gasteiger partial charge in [-0.2, -0.15) is 0 Å². The largest absolute Gasteiger partial charge is 2.00 e. The molecule has 0 atom stereocenters. The number of aromatic nitrogens is 2. The first kappa shape index (κ1) is 39.4. The summed E-state index contributed by atoms with van der Waals surface area (Å²) in [5, 5.41) is 11.9. The minimum absolute atomic E-state index is 0. The Balaban J connectivity index is 0.00000116. The molecular weight excluding hydrogens is 630 g/mol. The second-order valence-electron chi connectivity index (χ2n) is 8.24. The van der Waals surface area contributed by atoms with Crippen molar-refractivity contribution in [3.8, 4) is 0 Å². The fourth-order valence-corrected chi connectivity index (χ4v) is 3.74. The molecule has 4 rings (SSSR count). The number of para-hydroxylation sites is 1. The molecule has 0 fully saturated rings. The maximum atomic E-state index is 8.49. The molecule has 0 aliphatic carbocycles. The smallest absolute Gasteiger partial charge is 0.457 e. The van der Waals surface area contributed by atoms with E-state index in [-0.39, 0.29) is 22.5 Å². The number of benzene rings is 1. The van der Waals surface area contributed by atoms with Crippen LogP contribution < -0.4 is 53.2 Å². The van der Waals surface area contributed by atoms with Crippen molar-refractivity contribution in [2.24, 2.45) is 0 Å². The third kappa shape index (κ3) is 20.0. The third-order valence-electron chi connectivity index (χ3n) is 5.35. The van der Waals surface area contributed by atoms with Gasteiger partial charge < -0.3 is 21.4 Å². The van der Waals surface area contributed by atoms with Crippen molar-refractivity contribution >= 4 is 10.9 Å². The normalized spacial score (nSPS) is 14.4. The Labute approximate surface area is 252 Å². The molecule has 2 bridgehead atoms. The molecule has 3 aromatic rings. The number of pyridine rings is 2. The second-order valence-corrected chi connectivity index (χ2v) is 9.75. The summed E-state index contributed by atoms with van der Waals surface area (Å²) in [5.74, 6) is 0. The summed E-state index contributed by atoms with van der Waals surface area (Å²) in [6, 6.07) is 16.7. The van der Waals surface area contributed by atoms with Crippen molar-refractivity contribution < 1.29 is 80.3 Å².